The molecular formula is C24H27F3N2O. The molecule has 0 aliphatic rings. The van der Waals surface area contributed by atoms with Gasteiger partial charge in [0.2, 0.25) is 5.91 Å². The number of alkyl halides is 3. The van der Waals surface area contributed by atoms with Crippen LogP contribution in [0.15, 0.2) is 48.7 Å². The number of nitrogens with one attached hydrogen (secondary N) is 2. The first-order valence-electron chi connectivity index (χ1n) is 10.4. The van der Waals surface area contributed by atoms with Crippen LogP contribution in [0.2, 0.25) is 0 Å². The number of benzene rings is 2. The minimum atomic E-state index is -4.49. The molecule has 0 spiro atoms. The monoisotopic (exact) mass is 416 g/mol. The van der Waals surface area contributed by atoms with E-state index < -0.39 is 17.7 Å². The van der Waals surface area contributed by atoms with Gasteiger partial charge in [0.05, 0.1) is 5.56 Å². The highest BCUT2D eigenvalue weighted by Crippen LogP contribution is 2.41. The van der Waals surface area contributed by atoms with Gasteiger partial charge in [-0.2, -0.15) is 13.2 Å². The lowest BCUT2D eigenvalue weighted by molar-refractivity contribution is -0.138. The van der Waals surface area contributed by atoms with E-state index in [0.29, 0.717) is 12.1 Å². The Labute approximate surface area is 174 Å². The highest BCUT2D eigenvalue weighted by atomic mass is 19.4. The summed E-state index contributed by atoms with van der Waals surface area (Å²) in [5.41, 5.74) is 2.14. The standard InChI is InChI=1S/C24H27F3N2O/c1-3-5-13-28-22(30)14-19(17-10-6-7-12-21(17)24(25,26)27)20-15-29-23-16(4-2)9-8-11-18(20)23/h6-12,15,19,29H,3-5,13-14H2,1-2H3,(H,28,30). The van der Waals surface area contributed by atoms with Gasteiger partial charge in [0, 0.05) is 36.0 Å². The molecule has 1 unspecified atom stereocenters. The van der Waals surface area contributed by atoms with Crippen LogP contribution in [0.3, 0.4) is 0 Å². The third-order valence-corrected chi connectivity index (χ3v) is 5.47. The Bertz CT molecular complexity index is 1010. The Kier molecular flexibility index (Phi) is 6.85. The van der Waals surface area contributed by atoms with Gasteiger partial charge in [-0.05, 0) is 35.6 Å². The molecule has 160 valence electrons. The number of fused-ring (bicyclic) bond motifs is 1. The number of carbonyl (C=O) groups is 1. The van der Waals surface area contributed by atoms with Crippen molar-refractivity contribution >= 4 is 16.8 Å². The van der Waals surface area contributed by atoms with Crippen molar-refractivity contribution in [3.8, 4) is 0 Å². The number of aromatic nitrogens is 1. The lowest BCUT2D eigenvalue weighted by Gasteiger charge is -2.21. The van der Waals surface area contributed by atoms with Gasteiger partial charge < -0.3 is 10.3 Å². The maximum atomic E-state index is 13.8. The van der Waals surface area contributed by atoms with Crippen molar-refractivity contribution in [3.63, 3.8) is 0 Å². The zero-order valence-corrected chi connectivity index (χ0v) is 17.3. The number of rotatable bonds is 8. The summed E-state index contributed by atoms with van der Waals surface area (Å²) in [6.07, 6.45) is -0.209. The molecule has 1 heterocycles. The Hall–Kier alpha value is -2.76. The predicted octanol–water partition coefficient (Wildman–Crippen LogP) is 6.19. The Balaban J connectivity index is 2.09. The van der Waals surface area contributed by atoms with Crippen molar-refractivity contribution in [1.29, 1.82) is 0 Å². The summed E-state index contributed by atoms with van der Waals surface area (Å²) in [7, 11) is 0. The number of halogens is 3. The molecule has 1 aromatic heterocycles. The van der Waals surface area contributed by atoms with Crippen LogP contribution in [0.4, 0.5) is 13.2 Å². The number of hydrogen-bond donors (Lipinski definition) is 2. The van der Waals surface area contributed by atoms with E-state index in [-0.39, 0.29) is 17.9 Å². The summed E-state index contributed by atoms with van der Waals surface area (Å²) in [6, 6.07) is 11.4. The third-order valence-electron chi connectivity index (χ3n) is 5.47. The fraction of sp³-hybridized carbons (Fsp3) is 0.375. The average Bonchev–Trinajstić information content (AvgIpc) is 3.15. The molecule has 30 heavy (non-hydrogen) atoms. The fourth-order valence-corrected chi connectivity index (χ4v) is 3.93. The molecule has 0 radical (unpaired) electrons. The van der Waals surface area contributed by atoms with Gasteiger partial charge in [0.25, 0.3) is 0 Å². The Morgan fingerprint density at radius 3 is 2.53 bits per heavy atom. The first-order chi connectivity index (χ1) is 14.4. The molecule has 0 bridgehead atoms. The fourth-order valence-electron chi connectivity index (χ4n) is 3.93. The molecule has 0 aliphatic heterocycles. The first-order valence-corrected chi connectivity index (χ1v) is 10.4. The smallest absolute Gasteiger partial charge is 0.361 e. The molecule has 1 atom stereocenters. The van der Waals surface area contributed by atoms with Crippen molar-refractivity contribution < 1.29 is 18.0 Å². The minimum Gasteiger partial charge on any atom is -0.361 e. The molecule has 3 nitrogen and oxygen atoms in total. The van der Waals surface area contributed by atoms with Crippen molar-refractivity contribution in [2.24, 2.45) is 0 Å². The molecule has 0 aliphatic carbocycles. The van der Waals surface area contributed by atoms with Gasteiger partial charge in [-0.1, -0.05) is 56.7 Å². The number of H-pyrrole nitrogens is 1. The molecule has 2 N–H and O–H groups in total. The lowest BCUT2D eigenvalue weighted by atomic mass is 9.84. The number of amides is 1. The molecule has 1 amide bonds. The van der Waals surface area contributed by atoms with E-state index in [0.717, 1.165) is 41.8 Å². The molecule has 3 rings (SSSR count). The van der Waals surface area contributed by atoms with Crippen LogP contribution in [0.25, 0.3) is 10.9 Å². The first kappa shape index (κ1) is 21.9. The molecule has 0 saturated carbocycles. The van der Waals surface area contributed by atoms with E-state index in [4.69, 9.17) is 0 Å². The van der Waals surface area contributed by atoms with E-state index in [1.165, 1.54) is 12.1 Å². The molecule has 2 aromatic carbocycles. The van der Waals surface area contributed by atoms with E-state index >= 15 is 0 Å². The van der Waals surface area contributed by atoms with Gasteiger partial charge in [0.1, 0.15) is 0 Å². The second kappa shape index (κ2) is 9.37. The van der Waals surface area contributed by atoms with Gasteiger partial charge in [-0.3, -0.25) is 4.79 Å². The molecule has 0 saturated heterocycles. The van der Waals surface area contributed by atoms with E-state index in [2.05, 4.69) is 10.3 Å². The molecular weight excluding hydrogens is 389 g/mol. The maximum Gasteiger partial charge on any atom is 0.416 e. The summed E-state index contributed by atoms with van der Waals surface area (Å²) in [5, 5.41) is 3.70. The van der Waals surface area contributed by atoms with Gasteiger partial charge in [-0.15, -0.1) is 0 Å². The average molecular weight is 416 g/mol. The van der Waals surface area contributed by atoms with Gasteiger partial charge in [-0.25, -0.2) is 0 Å². The van der Waals surface area contributed by atoms with E-state index in [9.17, 15) is 18.0 Å². The largest absolute Gasteiger partial charge is 0.416 e. The van der Waals surface area contributed by atoms with E-state index in [1.54, 1.807) is 12.3 Å². The number of aryl methyl sites for hydroxylation is 1. The maximum absolute atomic E-state index is 13.8. The number of aromatic amines is 1. The topological polar surface area (TPSA) is 44.9 Å². The van der Waals surface area contributed by atoms with Crippen molar-refractivity contribution in [2.75, 3.05) is 6.54 Å². The summed E-state index contributed by atoms with van der Waals surface area (Å²) in [5.74, 6) is -0.947. The minimum absolute atomic E-state index is 0.0416. The third kappa shape index (κ3) is 4.69. The van der Waals surface area contributed by atoms with Crippen LogP contribution >= 0.6 is 0 Å². The SMILES string of the molecule is CCCCNC(=O)CC(c1ccccc1C(F)(F)F)c1c[nH]c2c(CC)cccc12. The number of carbonyl (C=O) groups excluding carboxylic acids is 1. The number of hydrogen-bond acceptors (Lipinski definition) is 1. The summed E-state index contributed by atoms with van der Waals surface area (Å²) in [4.78, 5) is 15.8. The van der Waals surface area contributed by atoms with Crippen molar-refractivity contribution in [3.05, 3.63) is 70.9 Å². The van der Waals surface area contributed by atoms with Gasteiger partial charge >= 0.3 is 6.18 Å². The van der Waals surface area contributed by atoms with Crippen LogP contribution in [0.5, 0.6) is 0 Å². The van der Waals surface area contributed by atoms with E-state index in [1.807, 2.05) is 32.0 Å². The van der Waals surface area contributed by atoms with Crippen LogP contribution in [0.1, 0.15) is 61.3 Å². The van der Waals surface area contributed by atoms with Crippen LogP contribution < -0.4 is 5.32 Å². The summed E-state index contributed by atoms with van der Waals surface area (Å²) >= 11 is 0. The Morgan fingerprint density at radius 1 is 1.07 bits per heavy atom. The van der Waals surface area contributed by atoms with Crippen molar-refractivity contribution in [2.45, 2.75) is 51.6 Å². The highest BCUT2D eigenvalue weighted by Gasteiger charge is 2.36. The predicted molar refractivity (Wildman–Crippen MR) is 113 cm³/mol. The second-order valence-corrected chi connectivity index (χ2v) is 7.48. The second-order valence-electron chi connectivity index (χ2n) is 7.48. The molecule has 0 fully saturated rings. The summed E-state index contributed by atoms with van der Waals surface area (Å²) in [6.45, 7) is 4.58. The van der Waals surface area contributed by atoms with Crippen molar-refractivity contribution in [1.82, 2.24) is 10.3 Å². The summed E-state index contributed by atoms with van der Waals surface area (Å²) < 4.78 is 41.3. The lowest BCUT2D eigenvalue weighted by Crippen LogP contribution is -2.27. The Morgan fingerprint density at radius 2 is 1.83 bits per heavy atom. The molecule has 6 heteroatoms. The number of para-hydroxylation sites is 1. The molecule has 3 aromatic rings. The van der Waals surface area contributed by atoms with Crippen LogP contribution in [-0.2, 0) is 17.4 Å². The quantitative estimate of drug-likeness (QED) is 0.423. The zero-order chi connectivity index (χ0) is 21.7. The van der Waals surface area contributed by atoms with Gasteiger partial charge in [0.15, 0.2) is 0 Å². The van der Waals surface area contributed by atoms with Crippen LogP contribution in [-0.4, -0.2) is 17.4 Å². The van der Waals surface area contributed by atoms with Crippen LogP contribution in [0, 0.1) is 0 Å². The number of unbranched alkanes of at least 4 members (excludes halogenated alkanes) is 1. The zero-order valence-electron chi connectivity index (χ0n) is 17.3. The normalized spacial score (nSPS) is 12.8. The highest BCUT2D eigenvalue weighted by molar-refractivity contribution is 5.88.